The summed E-state index contributed by atoms with van der Waals surface area (Å²) in [4.78, 5) is 12.9. The minimum absolute atomic E-state index is 0.286. The van der Waals surface area contributed by atoms with E-state index in [1.54, 1.807) is 28.9 Å². The number of nitrogens with zero attached hydrogens (tertiary/aromatic N) is 2. The number of sulfone groups is 1. The van der Waals surface area contributed by atoms with Gasteiger partial charge in [0, 0.05) is 17.2 Å². The van der Waals surface area contributed by atoms with Gasteiger partial charge in [0.05, 0.1) is 27.1 Å². The van der Waals surface area contributed by atoms with Gasteiger partial charge in [-0.25, -0.2) is 17.9 Å². The number of carbonyl (C=O) groups is 1. The molecule has 1 atom stereocenters. The van der Waals surface area contributed by atoms with Crippen molar-refractivity contribution in [2.75, 3.05) is 23.7 Å². The summed E-state index contributed by atoms with van der Waals surface area (Å²) in [6.45, 7) is 9.23. The molecule has 0 radical (unpaired) electrons. The molecular formula is C34H38F3N5O3S. The number of carbonyl (C=O) groups excluding carboxylic acids is 1. The highest BCUT2D eigenvalue weighted by Crippen LogP contribution is 2.41. The SMILES string of the molecule is Cc1ccc(-n2nc(C(C)(C)C)cc2NC(=O)Nc2cccc(C(C3CCNCC3)S(=O)(=O)c3cccc(C(F)(F)F)c3)c2)cc1. The van der Waals surface area contributed by atoms with E-state index in [1.165, 1.54) is 6.07 Å². The number of anilines is 2. The number of urea groups is 1. The summed E-state index contributed by atoms with van der Waals surface area (Å²) < 4.78 is 70.3. The molecule has 2 amide bonds. The van der Waals surface area contributed by atoms with E-state index in [2.05, 4.69) is 16.0 Å². The molecule has 3 aromatic carbocycles. The number of aryl methyl sites for hydroxylation is 1. The van der Waals surface area contributed by atoms with E-state index >= 15 is 0 Å². The summed E-state index contributed by atoms with van der Waals surface area (Å²) in [5.41, 5.74) is 2.04. The van der Waals surface area contributed by atoms with Gasteiger partial charge in [-0.1, -0.05) is 56.7 Å². The first-order valence-electron chi connectivity index (χ1n) is 15.1. The van der Waals surface area contributed by atoms with Crippen molar-refractivity contribution in [1.29, 1.82) is 0 Å². The summed E-state index contributed by atoms with van der Waals surface area (Å²) in [5, 5.41) is 12.5. The average molecular weight is 654 g/mol. The fourth-order valence-corrected chi connectivity index (χ4v) is 7.78. The van der Waals surface area contributed by atoms with E-state index in [-0.39, 0.29) is 16.2 Å². The highest BCUT2D eigenvalue weighted by atomic mass is 32.2. The lowest BCUT2D eigenvalue weighted by molar-refractivity contribution is -0.137. The van der Waals surface area contributed by atoms with Crippen LogP contribution < -0.4 is 16.0 Å². The first-order valence-corrected chi connectivity index (χ1v) is 16.6. The van der Waals surface area contributed by atoms with Gasteiger partial charge < -0.3 is 10.6 Å². The molecule has 12 heteroatoms. The molecule has 244 valence electrons. The van der Waals surface area contributed by atoms with Crippen LogP contribution in [-0.2, 0) is 21.4 Å². The normalized spacial score (nSPS) is 15.4. The van der Waals surface area contributed by atoms with Gasteiger partial charge in [-0.15, -0.1) is 0 Å². The molecule has 2 heterocycles. The Morgan fingerprint density at radius 1 is 0.935 bits per heavy atom. The number of benzene rings is 3. The second kappa shape index (κ2) is 12.9. The molecule has 1 aliphatic heterocycles. The lowest BCUT2D eigenvalue weighted by atomic mass is 9.90. The van der Waals surface area contributed by atoms with E-state index in [0.29, 0.717) is 49.1 Å². The second-order valence-corrected chi connectivity index (χ2v) is 14.8. The third kappa shape index (κ3) is 7.45. The Kier molecular flexibility index (Phi) is 9.33. The van der Waals surface area contributed by atoms with Crippen molar-refractivity contribution in [2.45, 2.75) is 62.3 Å². The quantitative estimate of drug-likeness (QED) is 0.190. The highest BCUT2D eigenvalue weighted by molar-refractivity contribution is 7.91. The Balaban J connectivity index is 1.45. The van der Waals surface area contributed by atoms with Crippen molar-refractivity contribution in [3.63, 3.8) is 0 Å². The molecule has 1 saturated heterocycles. The molecule has 46 heavy (non-hydrogen) atoms. The Morgan fingerprint density at radius 2 is 1.61 bits per heavy atom. The molecule has 0 saturated carbocycles. The fraction of sp³-hybridized carbons (Fsp3) is 0.353. The molecule has 1 aliphatic rings. The molecule has 0 bridgehead atoms. The average Bonchev–Trinajstić information content (AvgIpc) is 3.42. The van der Waals surface area contributed by atoms with Gasteiger partial charge in [-0.2, -0.15) is 18.3 Å². The number of amides is 2. The maximum atomic E-state index is 14.1. The van der Waals surface area contributed by atoms with Crippen LogP contribution in [0.2, 0.25) is 0 Å². The molecule has 1 aromatic heterocycles. The van der Waals surface area contributed by atoms with Gasteiger partial charge >= 0.3 is 12.2 Å². The number of piperidine rings is 1. The van der Waals surface area contributed by atoms with Crippen LogP contribution >= 0.6 is 0 Å². The van der Waals surface area contributed by atoms with Crippen molar-refractivity contribution < 1.29 is 26.4 Å². The number of alkyl halides is 3. The van der Waals surface area contributed by atoms with Gasteiger partial charge in [-0.3, -0.25) is 5.32 Å². The van der Waals surface area contributed by atoms with Crippen LogP contribution in [0.3, 0.4) is 0 Å². The number of hydrogen-bond acceptors (Lipinski definition) is 5. The maximum Gasteiger partial charge on any atom is 0.416 e. The molecule has 0 aliphatic carbocycles. The zero-order valence-electron chi connectivity index (χ0n) is 26.1. The zero-order chi connectivity index (χ0) is 33.3. The summed E-state index contributed by atoms with van der Waals surface area (Å²) >= 11 is 0. The standard InChI is InChI=1S/C34H38F3N5O3S/c1-22-11-13-27(14-12-22)42-30(21-29(41-42)33(2,3)4)40-32(43)39-26-9-5-7-24(19-26)31(23-15-17-38-18-16-23)46(44,45)28-10-6-8-25(20-28)34(35,36)37/h5-14,19-21,23,31,38H,15-18H2,1-4H3,(H2,39,40,43). The first kappa shape index (κ1) is 33.2. The van der Waals surface area contributed by atoms with Crippen molar-refractivity contribution >= 4 is 27.4 Å². The molecule has 3 N–H and O–H groups in total. The Labute approximate surface area is 267 Å². The molecule has 5 rings (SSSR count). The van der Waals surface area contributed by atoms with E-state index < -0.39 is 32.9 Å². The third-order valence-corrected chi connectivity index (χ3v) is 10.3. The topological polar surface area (TPSA) is 105 Å². The lowest BCUT2D eigenvalue weighted by Gasteiger charge is -2.31. The Hall–Kier alpha value is -4.16. The van der Waals surface area contributed by atoms with Gasteiger partial charge in [0.25, 0.3) is 0 Å². The van der Waals surface area contributed by atoms with Crippen LogP contribution in [0.1, 0.15) is 61.2 Å². The summed E-state index contributed by atoms with van der Waals surface area (Å²) in [6, 6.07) is 19.3. The third-order valence-electron chi connectivity index (χ3n) is 8.11. The molecule has 1 fully saturated rings. The van der Waals surface area contributed by atoms with Crippen LogP contribution in [0.4, 0.5) is 29.5 Å². The summed E-state index contributed by atoms with van der Waals surface area (Å²) in [7, 11) is -4.25. The monoisotopic (exact) mass is 653 g/mol. The van der Waals surface area contributed by atoms with Crippen molar-refractivity contribution in [2.24, 2.45) is 5.92 Å². The Morgan fingerprint density at radius 3 is 2.26 bits per heavy atom. The largest absolute Gasteiger partial charge is 0.416 e. The van der Waals surface area contributed by atoms with Crippen LogP contribution in [0.15, 0.2) is 83.8 Å². The molecule has 8 nitrogen and oxygen atoms in total. The number of halogens is 3. The van der Waals surface area contributed by atoms with Gasteiger partial charge in [0.2, 0.25) is 0 Å². The maximum absolute atomic E-state index is 14.1. The van der Waals surface area contributed by atoms with Crippen LogP contribution in [-0.4, -0.2) is 37.3 Å². The van der Waals surface area contributed by atoms with Crippen molar-refractivity contribution in [1.82, 2.24) is 15.1 Å². The van der Waals surface area contributed by atoms with Gasteiger partial charge in [-0.05, 0) is 86.8 Å². The van der Waals surface area contributed by atoms with E-state index in [0.717, 1.165) is 29.1 Å². The number of aromatic nitrogens is 2. The minimum Gasteiger partial charge on any atom is -0.317 e. The fourth-order valence-electron chi connectivity index (χ4n) is 5.64. The van der Waals surface area contributed by atoms with E-state index in [9.17, 15) is 26.4 Å². The molecular weight excluding hydrogens is 615 g/mol. The summed E-state index contributed by atoms with van der Waals surface area (Å²) in [6.07, 6.45) is -3.63. The van der Waals surface area contributed by atoms with Crippen molar-refractivity contribution in [3.05, 3.63) is 101 Å². The van der Waals surface area contributed by atoms with Gasteiger partial charge in [0.1, 0.15) is 5.82 Å². The number of nitrogens with one attached hydrogen (secondary N) is 3. The minimum atomic E-state index is -4.69. The predicted molar refractivity (Wildman–Crippen MR) is 173 cm³/mol. The summed E-state index contributed by atoms with van der Waals surface area (Å²) in [5.74, 6) is 0.103. The predicted octanol–water partition coefficient (Wildman–Crippen LogP) is 7.66. The highest BCUT2D eigenvalue weighted by Gasteiger charge is 2.39. The Bertz CT molecular complexity index is 1810. The van der Waals surface area contributed by atoms with Crippen molar-refractivity contribution in [3.8, 4) is 5.69 Å². The van der Waals surface area contributed by atoms with Crippen LogP contribution in [0.25, 0.3) is 5.69 Å². The van der Waals surface area contributed by atoms with E-state index in [1.807, 2.05) is 58.0 Å². The van der Waals surface area contributed by atoms with Crippen LogP contribution in [0, 0.1) is 12.8 Å². The van der Waals surface area contributed by atoms with Gasteiger partial charge in [0.15, 0.2) is 9.84 Å². The smallest absolute Gasteiger partial charge is 0.317 e. The number of hydrogen-bond donors (Lipinski definition) is 3. The van der Waals surface area contributed by atoms with E-state index in [4.69, 9.17) is 5.10 Å². The molecule has 4 aromatic rings. The first-order chi connectivity index (χ1) is 21.6. The molecule has 0 spiro atoms. The lowest BCUT2D eigenvalue weighted by Crippen LogP contribution is -2.33. The van der Waals surface area contributed by atoms with Crippen LogP contribution in [0.5, 0.6) is 0 Å². The molecule has 1 unspecified atom stereocenters. The number of rotatable bonds is 7. The second-order valence-electron chi connectivity index (χ2n) is 12.7. The zero-order valence-corrected chi connectivity index (χ0v) is 27.0.